The fourth-order valence-electron chi connectivity index (χ4n) is 1.81. The van der Waals surface area contributed by atoms with E-state index in [4.69, 9.17) is 4.74 Å². The zero-order valence-corrected chi connectivity index (χ0v) is 10.5. The number of halogens is 3. The van der Waals surface area contributed by atoms with Crippen LogP contribution in [0.1, 0.15) is 24.5 Å². The Kier molecular flexibility index (Phi) is 3.95. The molecule has 1 unspecified atom stereocenters. The highest BCUT2D eigenvalue weighted by Crippen LogP contribution is 2.40. The molecule has 0 bridgehead atoms. The summed E-state index contributed by atoms with van der Waals surface area (Å²) >= 11 is 4.15. The lowest BCUT2D eigenvalue weighted by atomic mass is 10.1. The molecular formula is C11H11F3OS2. The topological polar surface area (TPSA) is 9.23 Å². The van der Waals surface area contributed by atoms with E-state index in [2.05, 4.69) is 12.6 Å². The highest BCUT2D eigenvalue weighted by atomic mass is 32.2. The first kappa shape index (κ1) is 13.1. The Morgan fingerprint density at radius 3 is 2.71 bits per heavy atom. The first-order valence-electron chi connectivity index (χ1n) is 5.16. The van der Waals surface area contributed by atoms with Gasteiger partial charge in [0.2, 0.25) is 0 Å². The van der Waals surface area contributed by atoms with Crippen LogP contribution in [0.25, 0.3) is 0 Å². The van der Waals surface area contributed by atoms with Crippen LogP contribution in [0.5, 0.6) is 0 Å². The van der Waals surface area contributed by atoms with Gasteiger partial charge in [-0.3, -0.25) is 0 Å². The third-order valence-electron chi connectivity index (χ3n) is 2.51. The average molecular weight is 280 g/mol. The first-order chi connectivity index (χ1) is 7.96. The van der Waals surface area contributed by atoms with Crippen molar-refractivity contribution in [1.29, 1.82) is 0 Å². The van der Waals surface area contributed by atoms with Crippen LogP contribution in [0.15, 0.2) is 28.0 Å². The Labute approximate surface area is 107 Å². The van der Waals surface area contributed by atoms with E-state index in [1.54, 1.807) is 6.07 Å². The van der Waals surface area contributed by atoms with E-state index >= 15 is 0 Å². The molecule has 1 nitrogen and oxygen atoms in total. The lowest BCUT2D eigenvalue weighted by Crippen LogP contribution is -2.01. The van der Waals surface area contributed by atoms with Gasteiger partial charge in [-0.2, -0.15) is 13.2 Å². The van der Waals surface area contributed by atoms with Crippen molar-refractivity contribution in [2.24, 2.45) is 0 Å². The van der Waals surface area contributed by atoms with Crippen molar-refractivity contribution in [2.45, 2.75) is 34.2 Å². The predicted octanol–water partition coefficient (Wildman–Crippen LogP) is 4.44. The van der Waals surface area contributed by atoms with Crippen LogP contribution in [0.4, 0.5) is 13.2 Å². The highest BCUT2D eigenvalue weighted by molar-refractivity contribution is 8.00. The van der Waals surface area contributed by atoms with Crippen LogP contribution >= 0.6 is 24.4 Å². The molecule has 0 aliphatic carbocycles. The predicted molar refractivity (Wildman–Crippen MR) is 63.5 cm³/mol. The third-order valence-corrected chi connectivity index (χ3v) is 3.64. The molecule has 17 heavy (non-hydrogen) atoms. The Morgan fingerprint density at radius 1 is 1.35 bits per heavy atom. The summed E-state index contributed by atoms with van der Waals surface area (Å²) in [4.78, 5) is 0.865. The van der Waals surface area contributed by atoms with Gasteiger partial charge in [0.1, 0.15) is 0 Å². The van der Waals surface area contributed by atoms with Gasteiger partial charge in [0, 0.05) is 16.4 Å². The van der Waals surface area contributed by atoms with Gasteiger partial charge in [-0.25, -0.2) is 0 Å². The molecule has 94 valence electrons. The van der Waals surface area contributed by atoms with Crippen LogP contribution in [0.3, 0.4) is 0 Å². The van der Waals surface area contributed by atoms with Crippen molar-refractivity contribution >= 4 is 24.4 Å². The van der Waals surface area contributed by atoms with E-state index in [9.17, 15) is 13.2 Å². The minimum absolute atomic E-state index is 0.107. The summed E-state index contributed by atoms with van der Waals surface area (Å²) in [5, 5.41) is 0. The van der Waals surface area contributed by atoms with Crippen molar-refractivity contribution in [3.8, 4) is 0 Å². The summed E-state index contributed by atoms with van der Waals surface area (Å²) < 4.78 is 42.3. The minimum atomic E-state index is -4.26. The highest BCUT2D eigenvalue weighted by Gasteiger charge is 2.30. The van der Waals surface area contributed by atoms with Crippen molar-refractivity contribution in [1.82, 2.24) is 0 Å². The molecule has 1 fully saturated rings. The second-order valence-corrected chi connectivity index (χ2v) is 5.39. The number of benzene rings is 1. The van der Waals surface area contributed by atoms with E-state index in [0.717, 1.165) is 18.4 Å². The molecule has 1 aliphatic heterocycles. The van der Waals surface area contributed by atoms with E-state index in [1.807, 2.05) is 0 Å². The van der Waals surface area contributed by atoms with Crippen LogP contribution < -0.4 is 0 Å². The van der Waals surface area contributed by atoms with Crippen LogP contribution in [0, 0.1) is 0 Å². The van der Waals surface area contributed by atoms with Gasteiger partial charge in [0.05, 0.1) is 6.10 Å². The fraction of sp³-hybridized carbons (Fsp3) is 0.455. The lowest BCUT2D eigenvalue weighted by molar-refractivity contribution is -0.0328. The molecule has 2 rings (SSSR count). The Hall–Kier alpha value is -0.330. The fourth-order valence-corrected chi connectivity index (χ4v) is 2.68. The molecule has 0 saturated carbocycles. The molecule has 6 heteroatoms. The smallest absolute Gasteiger partial charge is 0.373 e. The van der Waals surface area contributed by atoms with Crippen molar-refractivity contribution in [3.05, 3.63) is 23.8 Å². The summed E-state index contributed by atoms with van der Waals surface area (Å²) in [7, 11) is 0. The van der Waals surface area contributed by atoms with Crippen molar-refractivity contribution in [3.63, 3.8) is 0 Å². The minimum Gasteiger partial charge on any atom is -0.373 e. The van der Waals surface area contributed by atoms with E-state index in [1.165, 1.54) is 12.1 Å². The normalized spacial score (nSPS) is 20.8. The zero-order valence-electron chi connectivity index (χ0n) is 8.83. The molecule has 1 atom stereocenters. The van der Waals surface area contributed by atoms with Crippen molar-refractivity contribution < 1.29 is 17.9 Å². The maximum absolute atomic E-state index is 12.3. The van der Waals surface area contributed by atoms with Crippen LogP contribution in [-0.2, 0) is 4.74 Å². The Bertz CT molecular complexity index is 400. The van der Waals surface area contributed by atoms with E-state index in [0.29, 0.717) is 11.5 Å². The molecule has 1 heterocycles. The van der Waals surface area contributed by atoms with Crippen LogP contribution in [0.2, 0.25) is 0 Å². The Balaban J connectivity index is 2.22. The summed E-state index contributed by atoms with van der Waals surface area (Å²) in [6.07, 6.45) is 1.67. The summed E-state index contributed by atoms with van der Waals surface area (Å²) in [6, 6.07) is 4.55. The molecular weight excluding hydrogens is 269 g/mol. The molecule has 0 spiro atoms. The lowest BCUT2D eigenvalue weighted by Gasteiger charge is -2.14. The van der Waals surface area contributed by atoms with Gasteiger partial charge in [0.25, 0.3) is 0 Å². The van der Waals surface area contributed by atoms with Gasteiger partial charge in [-0.05, 0) is 48.4 Å². The zero-order chi connectivity index (χ0) is 12.5. The number of hydrogen-bond donors (Lipinski definition) is 1. The molecule has 0 N–H and O–H groups in total. The molecule has 1 aliphatic rings. The third kappa shape index (κ3) is 3.56. The molecule has 1 saturated heterocycles. The standard InChI is InChI=1S/C11H11F3OS2/c12-11(13,14)17-7-3-4-10(16)8(6-7)9-2-1-5-15-9/h3-4,6,9,16H,1-2,5H2. The number of ether oxygens (including phenoxy) is 1. The Morgan fingerprint density at radius 2 is 2.12 bits per heavy atom. The molecule has 0 amide bonds. The van der Waals surface area contributed by atoms with Gasteiger partial charge >= 0.3 is 5.51 Å². The second-order valence-electron chi connectivity index (χ2n) is 3.77. The maximum Gasteiger partial charge on any atom is 0.446 e. The van der Waals surface area contributed by atoms with Gasteiger partial charge in [-0.1, -0.05) is 0 Å². The number of alkyl halides is 3. The van der Waals surface area contributed by atoms with E-state index < -0.39 is 5.51 Å². The SMILES string of the molecule is FC(F)(F)Sc1ccc(S)c(C2CCCO2)c1. The number of rotatable bonds is 2. The van der Waals surface area contributed by atoms with Gasteiger partial charge in [-0.15, -0.1) is 12.6 Å². The second kappa shape index (κ2) is 5.12. The summed E-state index contributed by atoms with van der Waals surface area (Å²) in [6.45, 7) is 0.661. The quantitative estimate of drug-likeness (QED) is 0.633. The van der Waals surface area contributed by atoms with Crippen molar-refractivity contribution in [2.75, 3.05) is 6.61 Å². The summed E-state index contributed by atoms with van der Waals surface area (Å²) in [5.41, 5.74) is -3.51. The van der Waals surface area contributed by atoms with Gasteiger partial charge in [0.15, 0.2) is 0 Å². The molecule has 0 aromatic heterocycles. The maximum atomic E-state index is 12.3. The van der Waals surface area contributed by atoms with E-state index in [-0.39, 0.29) is 22.8 Å². The number of hydrogen-bond acceptors (Lipinski definition) is 3. The van der Waals surface area contributed by atoms with Crippen LogP contribution in [-0.4, -0.2) is 12.1 Å². The first-order valence-corrected chi connectivity index (χ1v) is 6.42. The average Bonchev–Trinajstić information content (AvgIpc) is 2.72. The summed E-state index contributed by atoms with van der Waals surface area (Å²) in [5.74, 6) is 0. The number of thioether (sulfide) groups is 1. The molecule has 1 aromatic rings. The number of thiol groups is 1. The molecule has 1 aromatic carbocycles. The monoisotopic (exact) mass is 280 g/mol. The van der Waals surface area contributed by atoms with Gasteiger partial charge < -0.3 is 4.74 Å². The molecule has 0 radical (unpaired) electrons. The largest absolute Gasteiger partial charge is 0.446 e.